The second kappa shape index (κ2) is 5.83. The van der Waals surface area contributed by atoms with E-state index >= 15 is 0 Å². The van der Waals surface area contributed by atoms with E-state index in [0.29, 0.717) is 6.42 Å². The maximum absolute atomic E-state index is 11.8. The minimum atomic E-state index is -0.390. The highest BCUT2D eigenvalue weighted by Gasteiger charge is 2.27. The van der Waals surface area contributed by atoms with Crippen LogP contribution in [0.15, 0.2) is 0 Å². The third-order valence-electron chi connectivity index (χ3n) is 3.59. The standard InChI is InChI=1S/C13H26N2O2/c1-13(2,3)11(14)8-12(17)15-9-6-4-5-7-10(9)16/h9-11,16H,4-8,14H2,1-3H3,(H,15,17)/t9-,10-,11?/m0/s1. The Kier molecular flexibility index (Phi) is 4.95. The highest BCUT2D eigenvalue weighted by molar-refractivity contribution is 5.77. The van der Waals surface area contributed by atoms with Gasteiger partial charge in [-0.3, -0.25) is 4.79 Å². The van der Waals surface area contributed by atoms with Crippen LogP contribution in [0.3, 0.4) is 0 Å². The van der Waals surface area contributed by atoms with Crippen molar-refractivity contribution in [1.82, 2.24) is 5.32 Å². The molecule has 1 aliphatic carbocycles. The van der Waals surface area contributed by atoms with Crippen molar-refractivity contribution in [3.05, 3.63) is 0 Å². The average molecular weight is 242 g/mol. The molecule has 1 fully saturated rings. The molecule has 4 heteroatoms. The van der Waals surface area contributed by atoms with E-state index in [1.165, 1.54) is 0 Å². The normalized spacial score (nSPS) is 27.6. The summed E-state index contributed by atoms with van der Waals surface area (Å²) in [6, 6.07) is -0.230. The topological polar surface area (TPSA) is 75.4 Å². The number of carbonyl (C=O) groups is 1. The molecule has 0 radical (unpaired) electrons. The molecule has 1 saturated carbocycles. The number of hydrogen-bond acceptors (Lipinski definition) is 3. The van der Waals surface area contributed by atoms with Crippen molar-refractivity contribution >= 4 is 5.91 Å². The van der Waals surface area contributed by atoms with Crippen molar-refractivity contribution in [2.45, 2.75) is 71.1 Å². The second-order valence-corrected chi connectivity index (χ2v) is 6.20. The predicted octanol–water partition coefficient (Wildman–Crippen LogP) is 1.17. The van der Waals surface area contributed by atoms with Crippen LogP contribution in [0, 0.1) is 5.41 Å². The monoisotopic (exact) mass is 242 g/mol. The second-order valence-electron chi connectivity index (χ2n) is 6.20. The van der Waals surface area contributed by atoms with Crippen molar-refractivity contribution in [3.8, 4) is 0 Å². The molecular weight excluding hydrogens is 216 g/mol. The van der Waals surface area contributed by atoms with Gasteiger partial charge in [0.2, 0.25) is 5.91 Å². The van der Waals surface area contributed by atoms with Crippen molar-refractivity contribution < 1.29 is 9.90 Å². The molecule has 0 saturated heterocycles. The maximum atomic E-state index is 11.8. The Hall–Kier alpha value is -0.610. The summed E-state index contributed by atoms with van der Waals surface area (Å²) in [6.07, 6.45) is 3.72. The minimum absolute atomic E-state index is 0.0432. The Balaban J connectivity index is 2.38. The molecule has 1 aliphatic rings. The first-order chi connectivity index (χ1) is 7.80. The molecule has 17 heavy (non-hydrogen) atoms. The minimum Gasteiger partial charge on any atom is -0.391 e. The average Bonchev–Trinajstić information content (AvgIpc) is 2.20. The summed E-state index contributed by atoms with van der Waals surface area (Å²) >= 11 is 0. The van der Waals surface area contributed by atoms with Gasteiger partial charge in [0, 0.05) is 12.5 Å². The predicted molar refractivity (Wildman–Crippen MR) is 68.5 cm³/mol. The van der Waals surface area contributed by atoms with Gasteiger partial charge >= 0.3 is 0 Å². The number of amides is 1. The van der Waals surface area contributed by atoms with Crippen molar-refractivity contribution in [1.29, 1.82) is 0 Å². The molecular formula is C13H26N2O2. The Bertz CT molecular complexity index is 261. The van der Waals surface area contributed by atoms with Crippen molar-refractivity contribution in [2.24, 2.45) is 11.1 Å². The molecule has 0 aromatic heterocycles. The molecule has 4 nitrogen and oxygen atoms in total. The Labute approximate surface area is 104 Å². The number of nitrogens with one attached hydrogen (secondary N) is 1. The van der Waals surface area contributed by atoms with Gasteiger partial charge in [-0.15, -0.1) is 0 Å². The number of rotatable bonds is 3. The van der Waals surface area contributed by atoms with Crippen molar-refractivity contribution in [2.75, 3.05) is 0 Å². The van der Waals surface area contributed by atoms with E-state index in [9.17, 15) is 9.90 Å². The molecule has 1 amide bonds. The van der Waals surface area contributed by atoms with Gasteiger partial charge in [0.25, 0.3) is 0 Å². The highest BCUT2D eigenvalue weighted by atomic mass is 16.3. The molecule has 0 heterocycles. The Morgan fingerprint density at radius 3 is 2.53 bits per heavy atom. The molecule has 0 bridgehead atoms. The summed E-state index contributed by atoms with van der Waals surface area (Å²) in [5.74, 6) is -0.0432. The van der Waals surface area contributed by atoms with Gasteiger partial charge in [0.15, 0.2) is 0 Å². The zero-order chi connectivity index (χ0) is 13.1. The molecule has 4 N–H and O–H groups in total. The number of hydrogen-bond donors (Lipinski definition) is 3. The van der Waals surface area contributed by atoms with Crippen LogP contribution < -0.4 is 11.1 Å². The maximum Gasteiger partial charge on any atom is 0.221 e. The summed E-state index contributed by atoms with van der Waals surface area (Å²) in [6.45, 7) is 6.08. The number of aliphatic hydroxyl groups excluding tert-OH is 1. The van der Waals surface area contributed by atoms with Gasteiger partial charge in [0.1, 0.15) is 0 Å². The van der Waals surface area contributed by atoms with Crippen LogP contribution in [-0.4, -0.2) is 29.2 Å². The summed E-state index contributed by atoms with van der Waals surface area (Å²) in [4.78, 5) is 11.8. The molecule has 0 spiro atoms. The van der Waals surface area contributed by atoms with E-state index in [1.54, 1.807) is 0 Å². The summed E-state index contributed by atoms with van der Waals surface area (Å²) < 4.78 is 0. The molecule has 1 unspecified atom stereocenters. The Morgan fingerprint density at radius 1 is 1.41 bits per heavy atom. The van der Waals surface area contributed by atoms with E-state index in [2.05, 4.69) is 5.32 Å². The fourth-order valence-corrected chi connectivity index (χ4v) is 2.05. The fraction of sp³-hybridized carbons (Fsp3) is 0.923. The van der Waals surface area contributed by atoms with Crippen LogP contribution >= 0.6 is 0 Å². The lowest BCUT2D eigenvalue weighted by molar-refractivity contribution is -0.123. The van der Waals surface area contributed by atoms with Crippen LogP contribution in [0.25, 0.3) is 0 Å². The van der Waals surface area contributed by atoms with Crippen LogP contribution in [0.2, 0.25) is 0 Å². The quantitative estimate of drug-likeness (QED) is 0.695. The summed E-state index contributed by atoms with van der Waals surface area (Å²) in [5, 5.41) is 12.7. The zero-order valence-electron chi connectivity index (χ0n) is 11.2. The van der Waals surface area contributed by atoms with Gasteiger partial charge in [-0.2, -0.15) is 0 Å². The number of aliphatic hydroxyl groups is 1. The third-order valence-corrected chi connectivity index (χ3v) is 3.59. The van der Waals surface area contributed by atoms with E-state index in [0.717, 1.165) is 25.7 Å². The Morgan fingerprint density at radius 2 is 2.00 bits per heavy atom. The van der Waals surface area contributed by atoms with E-state index in [-0.39, 0.29) is 23.4 Å². The summed E-state index contributed by atoms with van der Waals surface area (Å²) in [7, 11) is 0. The highest BCUT2D eigenvalue weighted by Crippen LogP contribution is 2.21. The van der Waals surface area contributed by atoms with Crippen molar-refractivity contribution in [3.63, 3.8) is 0 Å². The SMILES string of the molecule is CC(C)(C)C(N)CC(=O)N[C@H]1CCCC[C@@H]1O. The third kappa shape index (κ3) is 4.64. The zero-order valence-corrected chi connectivity index (χ0v) is 11.2. The lowest BCUT2D eigenvalue weighted by atomic mass is 9.85. The molecule has 0 aromatic rings. The van der Waals surface area contributed by atoms with E-state index < -0.39 is 6.10 Å². The summed E-state index contributed by atoms with van der Waals surface area (Å²) in [5.41, 5.74) is 5.90. The molecule has 0 aliphatic heterocycles. The lowest BCUT2D eigenvalue weighted by Gasteiger charge is -2.30. The van der Waals surface area contributed by atoms with Gasteiger partial charge in [0.05, 0.1) is 12.1 Å². The van der Waals surface area contributed by atoms with Crippen LogP contribution in [0.4, 0.5) is 0 Å². The molecule has 3 atom stereocenters. The largest absolute Gasteiger partial charge is 0.391 e. The van der Waals surface area contributed by atoms with Gasteiger partial charge in [-0.1, -0.05) is 33.6 Å². The first-order valence-electron chi connectivity index (χ1n) is 6.53. The number of carbonyl (C=O) groups excluding carboxylic acids is 1. The van der Waals surface area contributed by atoms with Crippen LogP contribution in [0.5, 0.6) is 0 Å². The number of nitrogens with two attached hydrogens (primary N) is 1. The molecule has 100 valence electrons. The van der Waals surface area contributed by atoms with Gasteiger partial charge in [-0.05, 0) is 18.3 Å². The smallest absolute Gasteiger partial charge is 0.221 e. The van der Waals surface area contributed by atoms with Crippen LogP contribution in [0.1, 0.15) is 52.9 Å². The molecule has 1 rings (SSSR count). The van der Waals surface area contributed by atoms with Gasteiger partial charge < -0.3 is 16.2 Å². The fourth-order valence-electron chi connectivity index (χ4n) is 2.05. The first kappa shape index (κ1) is 14.5. The molecule has 0 aromatic carbocycles. The van der Waals surface area contributed by atoms with E-state index in [1.807, 2.05) is 20.8 Å². The first-order valence-corrected chi connectivity index (χ1v) is 6.53. The van der Waals surface area contributed by atoms with Gasteiger partial charge in [-0.25, -0.2) is 0 Å². The van der Waals surface area contributed by atoms with Crippen LogP contribution in [-0.2, 0) is 4.79 Å². The lowest BCUT2D eigenvalue weighted by Crippen LogP contribution is -2.48. The van der Waals surface area contributed by atoms with E-state index in [4.69, 9.17) is 5.73 Å².